The molecular weight excluding hydrogens is 398 g/mol. The Hall–Kier alpha value is -3.26. The van der Waals surface area contributed by atoms with Crippen LogP contribution in [0.25, 0.3) is 15.5 Å². The van der Waals surface area contributed by atoms with E-state index in [-0.39, 0.29) is 12.5 Å². The molecule has 0 aliphatic carbocycles. The van der Waals surface area contributed by atoms with Gasteiger partial charge in [0.05, 0.1) is 5.69 Å². The van der Waals surface area contributed by atoms with Crippen LogP contribution in [0.2, 0.25) is 0 Å². The number of ether oxygens (including phenoxy) is 1. The van der Waals surface area contributed by atoms with Crippen molar-refractivity contribution in [2.45, 2.75) is 33.1 Å². The Balaban J connectivity index is 1.43. The molecule has 1 atom stereocenters. The molecule has 0 aliphatic rings. The molecule has 4 aromatic rings. The first-order valence-electron chi connectivity index (χ1n) is 9.86. The smallest absolute Gasteiger partial charge is 0.262 e. The minimum Gasteiger partial charge on any atom is -0.484 e. The number of hydrogen-bond donors (Lipinski definition) is 1. The van der Waals surface area contributed by atoms with Gasteiger partial charge >= 0.3 is 0 Å². The summed E-state index contributed by atoms with van der Waals surface area (Å²) in [6.07, 6.45) is 1.09. The molecule has 0 saturated heterocycles. The Kier molecular flexibility index (Phi) is 5.76. The van der Waals surface area contributed by atoms with Gasteiger partial charge in [0.15, 0.2) is 12.4 Å². The van der Waals surface area contributed by atoms with Gasteiger partial charge in [0.1, 0.15) is 10.8 Å². The minimum atomic E-state index is -0.229. The predicted molar refractivity (Wildman–Crippen MR) is 118 cm³/mol. The zero-order valence-corrected chi connectivity index (χ0v) is 17.9. The van der Waals surface area contributed by atoms with Crippen LogP contribution in [0.1, 0.15) is 37.6 Å². The maximum absolute atomic E-state index is 12.5. The Labute approximate surface area is 178 Å². The third-order valence-electron chi connectivity index (χ3n) is 5.01. The van der Waals surface area contributed by atoms with E-state index in [1.54, 1.807) is 4.52 Å². The van der Waals surface area contributed by atoms with Gasteiger partial charge in [-0.2, -0.15) is 9.61 Å². The molecular formula is C22H23N5O2S. The maximum atomic E-state index is 12.5. The lowest BCUT2D eigenvalue weighted by Crippen LogP contribution is -2.20. The molecule has 0 spiro atoms. The number of carbonyl (C=O) groups excluding carboxylic acids is 1. The maximum Gasteiger partial charge on any atom is 0.262 e. The molecule has 0 bridgehead atoms. The molecule has 4 rings (SSSR count). The Bertz CT molecular complexity index is 1170. The normalized spacial score (nSPS) is 12.1. The van der Waals surface area contributed by atoms with E-state index in [9.17, 15) is 4.79 Å². The number of rotatable bonds is 7. The molecule has 2 aromatic carbocycles. The number of para-hydroxylation sites is 1. The third-order valence-corrected chi connectivity index (χ3v) is 5.94. The van der Waals surface area contributed by atoms with Crippen LogP contribution in [0.15, 0.2) is 48.5 Å². The number of nitrogens with one attached hydrogen (secondary N) is 1. The summed E-state index contributed by atoms with van der Waals surface area (Å²) in [6.45, 7) is 6.14. The van der Waals surface area contributed by atoms with Gasteiger partial charge < -0.3 is 10.1 Å². The molecule has 0 radical (unpaired) electrons. The quantitative estimate of drug-likeness (QED) is 0.468. The lowest BCUT2D eigenvalue weighted by Gasteiger charge is -2.12. The van der Waals surface area contributed by atoms with E-state index in [1.807, 2.05) is 55.5 Å². The predicted octanol–water partition coefficient (Wildman–Crippen LogP) is 4.69. The molecule has 0 aliphatic heterocycles. The van der Waals surface area contributed by atoms with Crippen LogP contribution in [-0.4, -0.2) is 32.3 Å². The third kappa shape index (κ3) is 4.18. The van der Waals surface area contributed by atoms with Crippen molar-refractivity contribution >= 4 is 27.9 Å². The van der Waals surface area contributed by atoms with E-state index in [0.717, 1.165) is 22.8 Å². The van der Waals surface area contributed by atoms with Crippen LogP contribution in [0.4, 0.5) is 5.69 Å². The van der Waals surface area contributed by atoms with Gasteiger partial charge in [0, 0.05) is 5.56 Å². The first-order chi connectivity index (χ1) is 14.5. The first kappa shape index (κ1) is 20.0. The standard InChI is InChI=1S/C22H23N5O2S/c1-4-14(2)16-9-11-17(12-10-16)29-13-20(28)23-19-8-6-5-7-18(19)21-26-27-15(3)24-25-22(27)30-21/h5-12,14H,4,13H2,1-3H3,(H,23,28)/t14-/m1/s1. The molecule has 30 heavy (non-hydrogen) atoms. The zero-order chi connectivity index (χ0) is 21.1. The average molecular weight is 422 g/mol. The van der Waals surface area contributed by atoms with Gasteiger partial charge in [0.25, 0.3) is 5.91 Å². The number of benzene rings is 2. The van der Waals surface area contributed by atoms with Gasteiger partial charge in [-0.05, 0) is 49.1 Å². The fourth-order valence-corrected chi connectivity index (χ4v) is 3.99. The number of aryl methyl sites for hydroxylation is 1. The number of amides is 1. The SMILES string of the molecule is CC[C@@H](C)c1ccc(OCC(=O)Nc2ccccc2-c2nn3c(C)nnc3s2)cc1. The number of aromatic nitrogens is 4. The summed E-state index contributed by atoms with van der Waals surface area (Å²) in [7, 11) is 0. The van der Waals surface area contributed by atoms with Crippen molar-refractivity contribution in [3.05, 3.63) is 59.9 Å². The molecule has 2 aromatic heterocycles. The Morgan fingerprint density at radius 3 is 2.67 bits per heavy atom. The minimum absolute atomic E-state index is 0.0682. The second-order valence-corrected chi connectivity index (χ2v) is 8.07. The summed E-state index contributed by atoms with van der Waals surface area (Å²) in [4.78, 5) is 13.2. The van der Waals surface area contributed by atoms with E-state index in [4.69, 9.17) is 4.74 Å². The Morgan fingerprint density at radius 1 is 1.17 bits per heavy atom. The fourth-order valence-electron chi connectivity index (χ4n) is 3.07. The molecule has 0 saturated carbocycles. The van der Waals surface area contributed by atoms with Crippen molar-refractivity contribution in [2.24, 2.45) is 0 Å². The van der Waals surface area contributed by atoms with Crippen LogP contribution in [-0.2, 0) is 4.79 Å². The largest absolute Gasteiger partial charge is 0.484 e. The summed E-state index contributed by atoms with van der Waals surface area (Å²) >= 11 is 1.42. The molecule has 2 heterocycles. The lowest BCUT2D eigenvalue weighted by atomic mass is 9.99. The highest BCUT2D eigenvalue weighted by molar-refractivity contribution is 7.19. The van der Waals surface area contributed by atoms with Crippen molar-refractivity contribution in [3.8, 4) is 16.3 Å². The summed E-state index contributed by atoms with van der Waals surface area (Å²) < 4.78 is 7.36. The van der Waals surface area contributed by atoms with Crippen LogP contribution in [0.3, 0.4) is 0 Å². The van der Waals surface area contributed by atoms with E-state index >= 15 is 0 Å². The van der Waals surface area contributed by atoms with Crippen LogP contribution < -0.4 is 10.1 Å². The molecule has 0 unspecified atom stereocenters. The average Bonchev–Trinajstić information content (AvgIpc) is 3.34. The monoisotopic (exact) mass is 421 g/mol. The lowest BCUT2D eigenvalue weighted by molar-refractivity contribution is -0.118. The van der Waals surface area contributed by atoms with Crippen molar-refractivity contribution in [1.82, 2.24) is 19.8 Å². The van der Waals surface area contributed by atoms with E-state index < -0.39 is 0 Å². The van der Waals surface area contributed by atoms with Crippen molar-refractivity contribution < 1.29 is 9.53 Å². The highest BCUT2D eigenvalue weighted by Gasteiger charge is 2.15. The highest BCUT2D eigenvalue weighted by Crippen LogP contribution is 2.31. The molecule has 154 valence electrons. The number of fused-ring (bicyclic) bond motifs is 1. The second-order valence-electron chi connectivity index (χ2n) is 7.11. The van der Waals surface area contributed by atoms with Gasteiger partial charge in [-0.1, -0.05) is 49.4 Å². The van der Waals surface area contributed by atoms with Crippen molar-refractivity contribution in [3.63, 3.8) is 0 Å². The zero-order valence-electron chi connectivity index (χ0n) is 17.1. The van der Waals surface area contributed by atoms with Crippen LogP contribution in [0.5, 0.6) is 5.75 Å². The fraction of sp³-hybridized carbons (Fsp3) is 0.273. The number of hydrogen-bond acceptors (Lipinski definition) is 6. The van der Waals surface area contributed by atoms with E-state index in [1.165, 1.54) is 16.9 Å². The topological polar surface area (TPSA) is 81.4 Å². The molecule has 7 nitrogen and oxygen atoms in total. The van der Waals surface area contributed by atoms with Crippen molar-refractivity contribution in [2.75, 3.05) is 11.9 Å². The van der Waals surface area contributed by atoms with Crippen LogP contribution >= 0.6 is 11.3 Å². The number of carbonyl (C=O) groups is 1. The summed E-state index contributed by atoms with van der Waals surface area (Å²) in [5.74, 6) is 1.68. The van der Waals surface area contributed by atoms with Gasteiger partial charge in [0.2, 0.25) is 4.96 Å². The van der Waals surface area contributed by atoms with Gasteiger partial charge in [-0.25, -0.2) is 0 Å². The first-order valence-corrected chi connectivity index (χ1v) is 10.7. The number of nitrogens with zero attached hydrogens (tertiary/aromatic N) is 4. The number of anilines is 1. The summed E-state index contributed by atoms with van der Waals surface area (Å²) in [5, 5.41) is 16.4. The summed E-state index contributed by atoms with van der Waals surface area (Å²) in [5.41, 5.74) is 2.78. The molecule has 8 heteroatoms. The van der Waals surface area contributed by atoms with Gasteiger partial charge in [-0.15, -0.1) is 10.2 Å². The van der Waals surface area contributed by atoms with Crippen molar-refractivity contribution in [1.29, 1.82) is 0 Å². The summed E-state index contributed by atoms with van der Waals surface area (Å²) in [6, 6.07) is 15.5. The van der Waals surface area contributed by atoms with E-state index in [0.29, 0.717) is 22.3 Å². The Morgan fingerprint density at radius 2 is 1.93 bits per heavy atom. The highest BCUT2D eigenvalue weighted by atomic mass is 32.1. The van der Waals surface area contributed by atoms with Gasteiger partial charge in [-0.3, -0.25) is 4.79 Å². The molecule has 0 fully saturated rings. The van der Waals surface area contributed by atoms with E-state index in [2.05, 4.69) is 34.5 Å². The molecule has 1 amide bonds. The second kappa shape index (κ2) is 8.62. The molecule has 1 N–H and O–H groups in total. The van der Waals surface area contributed by atoms with Crippen LogP contribution in [0, 0.1) is 6.92 Å².